The average molecular weight is 393 g/mol. The minimum atomic E-state index is -0.215. The molecule has 1 atom stereocenters. The molecule has 3 heterocycles. The van der Waals surface area contributed by atoms with Gasteiger partial charge in [-0.3, -0.25) is 9.78 Å². The molecule has 0 aliphatic carbocycles. The summed E-state index contributed by atoms with van der Waals surface area (Å²) in [4.78, 5) is 22.9. The smallest absolute Gasteiger partial charge is 0.267 e. The first-order chi connectivity index (χ1) is 14.2. The van der Waals surface area contributed by atoms with Gasteiger partial charge >= 0.3 is 0 Å². The van der Waals surface area contributed by atoms with Gasteiger partial charge in [-0.05, 0) is 37.8 Å². The van der Waals surface area contributed by atoms with Crippen molar-refractivity contribution < 1.29 is 13.9 Å². The van der Waals surface area contributed by atoms with Gasteiger partial charge in [0.2, 0.25) is 11.8 Å². The zero-order valence-electron chi connectivity index (χ0n) is 16.3. The second-order valence-electron chi connectivity index (χ2n) is 7.00. The zero-order valence-corrected chi connectivity index (χ0v) is 16.3. The normalized spacial score (nSPS) is 16.6. The minimum Gasteiger partial charge on any atom is -0.493 e. The first-order valence-corrected chi connectivity index (χ1v) is 9.80. The quantitative estimate of drug-likeness (QED) is 0.634. The molecule has 2 aromatic heterocycles. The van der Waals surface area contributed by atoms with Crippen molar-refractivity contribution in [3.63, 3.8) is 0 Å². The number of nitrogens with zero attached hydrogens (tertiary/aromatic N) is 5. The van der Waals surface area contributed by atoms with Gasteiger partial charge in [-0.1, -0.05) is 18.2 Å². The van der Waals surface area contributed by atoms with Crippen molar-refractivity contribution in [2.24, 2.45) is 0 Å². The molecule has 1 aliphatic heterocycles. The lowest BCUT2D eigenvalue weighted by Crippen LogP contribution is -2.39. The number of hydrogen-bond donors (Lipinski definition) is 0. The van der Waals surface area contributed by atoms with Gasteiger partial charge in [0.1, 0.15) is 17.5 Å². The van der Waals surface area contributed by atoms with Crippen molar-refractivity contribution >= 4 is 5.91 Å². The Hall–Kier alpha value is -3.29. The van der Waals surface area contributed by atoms with Crippen molar-refractivity contribution in [2.75, 3.05) is 13.2 Å². The van der Waals surface area contributed by atoms with E-state index in [0.717, 1.165) is 30.6 Å². The summed E-state index contributed by atoms with van der Waals surface area (Å²) in [6.45, 7) is 3.00. The van der Waals surface area contributed by atoms with E-state index in [0.29, 0.717) is 37.0 Å². The van der Waals surface area contributed by atoms with Crippen LogP contribution in [0.25, 0.3) is 11.6 Å². The highest BCUT2D eigenvalue weighted by molar-refractivity contribution is 5.76. The van der Waals surface area contributed by atoms with E-state index in [1.807, 2.05) is 36.1 Å². The second-order valence-corrected chi connectivity index (χ2v) is 7.00. The van der Waals surface area contributed by atoms with Crippen LogP contribution in [-0.4, -0.2) is 44.1 Å². The lowest BCUT2D eigenvalue weighted by molar-refractivity contribution is -0.136. The SMILES string of the molecule is Cc1ccccc1OCCC(=O)N1CCCCC1c1nnc(-c2cnccn2)o1. The molecule has 0 radical (unpaired) electrons. The standard InChI is InChI=1S/C21H23N5O3/c1-15-6-2-3-8-18(15)28-13-9-19(27)26-12-5-4-7-17(26)21-25-24-20(29-21)16-14-22-10-11-23-16/h2-3,6,8,10-11,14,17H,4-5,7,9,12-13H2,1H3. The molecule has 150 valence electrons. The molecule has 4 rings (SSSR count). The number of aromatic nitrogens is 4. The Bertz CT molecular complexity index is 960. The largest absolute Gasteiger partial charge is 0.493 e. The topological polar surface area (TPSA) is 94.2 Å². The Balaban J connectivity index is 1.41. The van der Waals surface area contributed by atoms with Gasteiger partial charge in [-0.15, -0.1) is 10.2 Å². The molecule has 1 aliphatic rings. The minimum absolute atomic E-state index is 0.0301. The monoisotopic (exact) mass is 393 g/mol. The maximum atomic E-state index is 12.9. The van der Waals surface area contributed by atoms with Crippen LogP contribution in [0, 0.1) is 6.92 Å². The summed E-state index contributed by atoms with van der Waals surface area (Å²) in [5.74, 6) is 1.59. The summed E-state index contributed by atoms with van der Waals surface area (Å²) in [6.07, 6.45) is 7.81. The highest BCUT2D eigenvalue weighted by Crippen LogP contribution is 2.32. The van der Waals surface area contributed by atoms with Gasteiger partial charge in [-0.2, -0.15) is 0 Å². The lowest BCUT2D eigenvalue weighted by Gasteiger charge is -2.33. The molecule has 1 saturated heterocycles. The number of hydrogen-bond acceptors (Lipinski definition) is 7. The summed E-state index contributed by atoms with van der Waals surface area (Å²) in [5.41, 5.74) is 1.57. The highest BCUT2D eigenvalue weighted by atomic mass is 16.5. The van der Waals surface area contributed by atoms with Crippen molar-refractivity contribution in [3.8, 4) is 17.3 Å². The Morgan fingerprint density at radius 2 is 2.14 bits per heavy atom. The predicted octanol–water partition coefficient (Wildman–Crippen LogP) is 3.36. The summed E-state index contributed by atoms with van der Waals surface area (Å²) in [5, 5.41) is 8.26. The van der Waals surface area contributed by atoms with Gasteiger partial charge in [0.05, 0.1) is 19.2 Å². The molecule has 8 heteroatoms. The maximum absolute atomic E-state index is 12.9. The van der Waals surface area contributed by atoms with Crippen LogP contribution >= 0.6 is 0 Å². The van der Waals surface area contributed by atoms with Crippen LogP contribution in [0.1, 0.15) is 43.2 Å². The molecule has 0 bridgehead atoms. The molecule has 3 aromatic rings. The fourth-order valence-corrected chi connectivity index (χ4v) is 3.48. The van der Waals surface area contributed by atoms with Gasteiger partial charge in [0, 0.05) is 18.9 Å². The average Bonchev–Trinajstić information content (AvgIpc) is 3.26. The van der Waals surface area contributed by atoms with Crippen LogP contribution in [0.3, 0.4) is 0 Å². The molecule has 8 nitrogen and oxygen atoms in total. The predicted molar refractivity (Wildman–Crippen MR) is 105 cm³/mol. The van der Waals surface area contributed by atoms with E-state index < -0.39 is 0 Å². The Labute approximate surface area is 169 Å². The first kappa shape index (κ1) is 19.0. The van der Waals surface area contributed by atoms with Gasteiger partial charge in [-0.25, -0.2) is 4.98 Å². The van der Waals surface area contributed by atoms with Gasteiger partial charge in [0.25, 0.3) is 5.89 Å². The van der Waals surface area contributed by atoms with Crippen molar-refractivity contribution in [1.82, 2.24) is 25.1 Å². The van der Waals surface area contributed by atoms with E-state index in [4.69, 9.17) is 9.15 Å². The number of carbonyl (C=O) groups is 1. The third kappa shape index (κ3) is 4.42. The van der Waals surface area contributed by atoms with Gasteiger partial charge in [0.15, 0.2) is 0 Å². The number of rotatable bonds is 6. The first-order valence-electron chi connectivity index (χ1n) is 9.80. The molecular weight excluding hydrogens is 370 g/mol. The number of piperidine rings is 1. The Morgan fingerprint density at radius 1 is 1.24 bits per heavy atom. The van der Waals surface area contributed by atoms with Crippen molar-refractivity contribution in [3.05, 3.63) is 54.3 Å². The summed E-state index contributed by atoms with van der Waals surface area (Å²) < 4.78 is 11.6. The zero-order chi connectivity index (χ0) is 20.1. The Kier molecular flexibility index (Phi) is 5.79. The van der Waals surface area contributed by atoms with E-state index in [2.05, 4.69) is 20.2 Å². The van der Waals surface area contributed by atoms with E-state index in [1.54, 1.807) is 18.6 Å². The van der Waals surface area contributed by atoms with Crippen molar-refractivity contribution in [1.29, 1.82) is 0 Å². The van der Waals surface area contributed by atoms with Crippen LogP contribution in [0.4, 0.5) is 0 Å². The Morgan fingerprint density at radius 3 is 2.97 bits per heavy atom. The number of likely N-dealkylation sites (tertiary alicyclic amines) is 1. The molecule has 0 N–H and O–H groups in total. The van der Waals surface area contributed by atoms with Crippen LogP contribution in [0.2, 0.25) is 0 Å². The molecule has 1 aromatic carbocycles. The number of amides is 1. The number of ether oxygens (including phenoxy) is 1. The molecule has 1 amide bonds. The van der Waals surface area contributed by atoms with Crippen LogP contribution in [-0.2, 0) is 4.79 Å². The maximum Gasteiger partial charge on any atom is 0.267 e. The summed E-state index contributed by atoms with van der Waals surface area (Å²) >= 11 is 0. The number of para-hydroxylation sites is 1. The molecule has 1 unspecified atom stereocenters. The summed E-state index contributed by atoms with van der Waals surface area (Å²) in [7, 11) is 0. The van der Waals surface area contributed by atoms with E-state index in [9.17, 15) is 4.79 Å². The van der Waals surface area contributed by atoms with E-state index >= 15 is 0 Å². The molecule has 0 spiro atoms. The van der Waals surface area contributed by atoms with Crippen molar-refractivity contribution in [2.45, 2.75) is 38.6 Å². The van der Waals surface area contributed by atoms with Gasteiger partial charge < -0.3 is 14.1 Å². The fraction of sp³-hybridized carbons (Fsp3) is 0.381. The lowest BCUT2D eigenvalue weighted by atomic mass is 10.0. The number of aryl methyl sites for hydroxylation is 1. The summed E-state index contributed by atoms with van der Waals surface area (Å²) in [6, 6.07) is 7.58. The number of benzene rings is 1. The van der Waals surface area contributed by atoms with E-state index in [1.165, 1.54) is 0 Å². The molecule has 0 saturated carbocycles. The highest BCUT2D eigenvalue weighted by Gasteiger charge is 2.32. The molecule has 1 fully saturated rings. The fourth-order valence-electron chi connectivity index (χ4n) is 3.48. The molecular formula is C21H23N5O3. The van der Waals surface area contributed by atoms with Crippen LogP contribution in [0.5, 0.6) is 5.75 Å². The number of carbonyl (C=O) groups excluding carboxylic acids is 1. The third-order valence-corrected chi connectivity index (χ3v) is 5.00. The van der Waals surface area contributed by atoms with Crippen LogP contribution in [0.15, 0.2) is 47.3 Å². The third-order valence-electron chi connectivity index (χ3n) is 5.00. The van der Waals surface area contributed by atoms with Crippen LogP contribution < -0.4 is 4.74 Å². The molecule has 29 heavy (non-hydrogen) atoms. The second kappa shape index (κ2) is 8.81. The van der Waals surface area contributed by atoms with E-state index in [-0.39, 0.29) is 11.9 Å².